The van der Waals surface area contributed by atoms with E-state index in [1.54, 1.807) is 24.8 Å². The number of amides is 1. The molecule has 30 heavy (non-hydrogen) atoms. The number of pyridine rings is 1. The SMILES string of the molecule is CN(c1ccc(C(=O)Nc2nccs2)cn1)[C@@H]1CCN(c2ncnc3[nH]ccc23)C1. The maximum Gasteiger partial charge on any atom is 0.259 e. The van der Waals surface area contributed by atoms with Crippen molar-refractivity contribution in [3.63, 3.8) is 0 Å². The third-order valence-corrected chi connectivity index (χ3v) is 6.06. The topological polar surface area (TPSA) is 103 Å². The van der Waals surface area contributed by atoms with Crippen molar-refractivity contribution in [1.29, 1.82) is 0 Å². The highest BCUT2D eigenvalue weighted by Gasteiger charge is 2.28. The molecule has 0 radical (unpaired) electrons. The second-order valence-electron chi connectivity index (χ2n) is 7.13. The van der Waals surface area contributed by atoms with Gasteiger partial charge in [-0.25, -0.2) is 19.9 Å². The van der Waals surface area contributed by atoms with Crippen LogP contribution >= 0.6 is 11.3 Å². The van der Waals surface area contributed by atoms with E-state index < -0.39 is 0 Å². The third kappa shape index (κ3) is 3.45. The molecular weight excluding hydrogens is 400 g/mol. The summed E-state index contributed by atoms with van der Waals surface area (Å²) in [4.78, 5) is 37.3. The van der Waals surface area contributed by atoms with E-state index in [1.165, 1.54) is 11.3 Å². The highest BCUT2D eigenvalue weighted by molar-refractivity contribution is 7.13. The number of H-pyrrole nitrogens is 1. The molecule has 1 fully saturated rings. The van der Waals surface area contributed by atoms with Crippen molar-refractivity contribution in [2.24, 2.45) is 0 Å². The van der Waals surface area contributed by atoms with Crippen LogP contribution in [0, 0.1) is 0 Å². The number of carbonyl (C=O) groups is 1. The van der Waals surface area contributed by atoms with Gasteiger partial charge in [0.2, 0.25) is 0 Å². The van der Waals surface area contributed by atoms with E-state index in [-0.39, 0.29) is 5.91 Å². The minimum absolute atomic E-state index is 0.210. The summed E-state index contributed by atoms with van der Waals surface area (Å²) in [6.45, 7) is 1.77. The van der Waals surface area contributed by atoms with Crippen molar-refractivity contribution in [3.8, 4) is 0 Å². The van der Waals surface area contributed by atoms with E-state index in [4.69, 9.17) is 0 Å². The standard InChI is InChI=1S/C20H20N8OS/c1-27(16-3-2-13(10-23-16)19(29)26-20-22-7-9-30-20)14-5-8-28(11-14)18-15-4-6-21-17(15)24-12-25-18/h2-4,6-7,9-10,12,14H,5,8,11H2,1H3,(H,21,24,25)(H,22,26,29)/t14-/m1/s1. The number of hydrogen-bond acceptors (Lipinski definition) is 8. The summed E-state index contributed by atoms with van der Waals surface area (Å²) >= 11 is 1.38. The lowest BCUT2D eigenvalue weighted by Crippen LogP contribution is -2.35. The summed E-state index contributed by atoms with van der Waals surface area (Å²) in [5.41, 5.74) is 1.36. The summed E-state index contributed by atoms with van der Waals surface area (Å²) in [7, 11) is 2.04. The summed E-state index contributed by atoms with van der Waals surface area (Å²) in [5.74, 6) is 1.58. The number of fused-ring (bicyclic) bond motifs is 1. The maximum atomic E-state index is 12.3. The van der Waals surface area contributed by atoms with Crippen molar-refractivity contribution < 1.29 is 4.79 Å². The van der Waals surface area contributed by atoms with Gasteiger partial charge in [0.05, 0.1) is 10.9 Å². The van der Waals surface area contributed by atoms with Gasteiger partial charge in [0, 0.05) is 50.1 Å². The lowest BCUT2D eigenvalue weighted by molar-refractivity contribution is 0.102. The number of aromatic nitrogens is 5. The number of likely N-dealkylation sites (N-methyl/N-ethyl adjacent to an activating group) is 1. The first-order chi connectivity index (χ1) is 14.7. The van der Waals surface area contributed by atoms with Gasteiger partial charge in [-0.2, -0.15) is 0 Å². The van der Waals surface area contributed by atoms with Crippen LogP contribution in [0.3, 0.4) is 0 Å². The highest BCUT2D eigenvalue weighted by Crippen LogP contribution is 2.28. The van der Waals surface area contributed by atoms with Crippen molar-refractivity contribution >= 4 is 45.0 Å². The molecule has 0 bridgehead atoms. The molecule has 0 saturated carbocycles. The van der Waals surface area contributed by atoms with Crippen LogP contribution in [0.15, 0.2) is 48.5 Å². The monoisotopic (exact) mass is 420 g/mol. The molecule has 0 spiro atoms. The fraction of sp³-hybridized carbons (Fsp3) is 0.250. The molecule has 1 amide bonds. The number of anilines is 3. The van der Waals surface area contributed by atoms with Crippen molar-refractivity contribution in [2.75, 3.05) is 35.3 Å². The quantitative estimate of drug-likeness (QED) is 0.512. The third-order valence-electron chi connectivity index (χ3n) is 5.37. The summed E-state index contributed by atoms with van der Waals surface area (Å²) in [5, 5.41) is 6.20. The Kier molecular flexibility index (Phi) is 4.75. The molecule has 1 aliphatic rings. The average Bonchev–Trinajstić information content (AvgIpc) is 3.54. The van der Waals surface area contributed by atoms with Crippen LogP contribution in [0.5, 0.6) is 0 Å². The van der Waals surface area contributed by atoms with E-state index in [0.717, 1.165) is 42.2 Å². The lowest BCUT2D eigenvalue weighted by Gasteiger charge is -2.26. The predicted octanol–water partition coefficient (Wildman–Crippen LogP) is 2.78. The molecule has 10 heteroatoms. The molecule has 5 rings (SSSR count). The molecule has 4 aromatic rings. The van der Waals surface area contributed by atoms with Crippen molar-refractivity contribution in [1.82, 2.24) is 24.9 Å². The van der Waals surface area contributed by atoms with Gasteiger partial charge in [0.25, 0.3) is 5.91 Å². The number of aromatic amines is 1. The van der Waals surface area contributed by atoms with Gasteiger partial charge in [0.15, 0.2) is 5.13 Å². The van der Waals surface area contributed by atoms with Crippen molar-refractivity contribution in [3.05, 3.63) is 54.1 Å². The Bertz CT molecular complexity index is 1160. The van der Waals surface area contributed by atoms with Crippen LogP contribution in [0.2, 0.25) is 0 Å². The Morgan fingerprint density at radius 3 is 3.00 bits per heavy atom. The van der Waals surface area contributed by atoms with Crippen LogP contribution in [0.1, 0.15) is 16.8 Å². The molecule has 152 valence electrons. The van der Waals surface area contributed by atoms with Gasteiger partial charge in [-0.15, -0.1) is 11.3 Å². The molecule has 9 nitrogen and oxygen atoms in total. The minimum Gasteiger partial charge on any atom is -0.355 e. The maximum absolute atomic E-state index is 12.3. The van der Waals surface area contributed by atoms with Crippen LogP contribution in [-0.4, -0.2) is 57.0 Å². The molecular formula is C20H20N8OS. The van der Waals surface area contributed by atoms with E-state index in [9.17, 15) is 4.79 Å². The predicted molar refractivity (Wildman–Crippen MR) is 117 cm³/mol. The van der Waals surface area contributed by atoms with E-state index in [2.05, 4.69) is 40.0 Å². The van der Waals surface area contributed by atoms with E-state index >= 15 is 0 Å². The zero-order valence-electron chi connectivity index (χ0n) is 16.3. The molecule has 0 aliphatic carbocycles. The minimum atomic E-state index is -0.210. The largest absolute Gasteiger partial charge is 0.355 e. The first-order valence-electron chi connectivity index (χ1n) is 9.62. The molecule has 0 unspecified atom stereocenters. The molecule has 1 aliphatic heterocycles. The van der Waals surface area contributed by atoms with Gasteiger partial charge >= 0.3 is 0 Å². The highest BCUT2D eigenvalue weighted by atomic mass is 32.1. The Hall–Kier alpha value is -3.53. The molecule has 0 aromatic carbocycles. The van der Waals surface area contributed by atoms with Crippen LogP contribution in [-0.2, 0) is 0 Å². The normalized spacial score (nSPS) is 16.2. The van der Waals surface area contributed by atoms with Gasteiger partial charge in [0.1, 0.15) is 23.6 Å². The number of nitrogens with zero attached hydrogens (tertiary/aromatic N) is 6. The van der Waals surface area contributed by atoms with E-state index in [0.29, 0.717) is 16.7 Å². The summed E-state index contributed by atoms with van der Waals surface area (Å²) in [6, 6.07) is 5.99. The Morgan fingerprint density at radius 2 is 2.20 bits per heavy atom. The Balaban J connectivity index is 1.26. The number of carbonyl (C=O) groups excluding carboxylic acids is 1. The van der Waals surface area contributed by atoms with Crippen LogP contribution < -0.4 is 15.1 Å². The number of nitrogens with one attached hydrogen (secondary N) is 2. The molecule has 1 atom stereocenters. The fourth-order valence-corrected chi connectivity index (χ4v) is 4.26. The Labute approximate surface area is 176 Å². The average molecular weight is 421 g/mol. The van der Waals surface area contributed by atoms with Crippen molar-refractivity contribution in [2.45, 2.75) is 12.5 Å². The first-order valence-corrected chi connectivity index (χ1v) is 10.5. The molecule has 1 saturated heterocycles. The van der Waals surface area contributed by atoms with Crippen LogP contribution in [0.4, 0.5) is 16.8 Å². The first kappa shape index (κ1) is 18.5. The Morgan fingerprint density at radius 1 is 1.27 bits per heavy atom. The number of rotatable bonds is 5. The van der Waals surface area contributed by atoms with Gasteiger partial charge < -0.3 is 14.8 Å². The summed E-state index contributed by atoms with van der Waals surface area (Å²) in [6.07, 6.45) is 7.75. The summed E-state index contributed by atoms with van der Waals surface area (Å²) < 4.78 is 0. The molecule has 2 N–H and O–H groups in total. The second-order valence-corrected chi connectivity index (χ2v) is 8.03. The zero-order valence-corrected chi connectivity index (χ0v) is 17.1. The van der Waals surface area contributed by atoms with Crippen LogP contribution in [0.25, 0.3) is 11.0 Å². The number of thiazole rings is 1. The van der Waals surface area contributed by atoms with Gasteiger partial charge in [-0.3, -0.25) is 10.1 Å². The van der Waals surface area contributed by atoms with Gasteiger partial charge in [-0.05, 0) is 24.6 Å². The van der Waals surface area contributed by atoms with E-state index in [1.807, 2.05) is 30.8 Å². The molecule has 4 aromatic heterocycles. The lowest BCUT2D eigenvalue weighted by atomic mass is 10.2. The zero-order chi connectivity index (χ0) is 20.5. The number of hydrogen-bond donors (Lipinski definition) is 2. The fourth-order valence-electron chi connectivity index (χ4n) is 3.73. The molecule has 5 heterocycles. The smallest absolute Gasteiger partial charge is 0.259 e. The van der Waals surface area contributed by atoms with Gasteiger partial charge in [-0.1, -0.05) is 0 Å². The second kappa shape index (κ2) is 7.71.